The number of methoxy groups -OCH3 is 1. The zero-order valence-corrected chi connectivity index (χ0v) is 10.3. The van der Waals surface area contributed by atoms with Crippen LogP contribution in [-0.2, 0) is 13.1 Å². The van der Waals surface area contributed by atoms with Crippen molar-refractivity contribution in [2.45, 2.75) is 13.1 Å². The van der Waals surface area contributed by atoms with Crippen LogP contribution in [0, 0.1) is 0 Å². The van der Waals surface area contributed by atoms with Crippen LogP contribution in [-0.4, -0.2) is 17.2 Å². The van der Waals surface area contributed by atoms with E-state index in [1.165, 1.54) is 0 Å². The van der Waals surface area contributed by atoms with E-state index in [1.807, 2.05) is 30.3 Å². The summed E-state index contributed by atoms with van der Waals surface area (Å²) in [7, 11) is 1.54. The molecule has 1 heterocycles. The van der Waals surface area contributed by atoms with Crippen LogP contribution >= 0.6 is 0 Å². The molecule has 0 bridgehead atoms. The Labute approximate surface area is 106 Å². The standard InChI is InChI=1S/C14H16N2O2/c1-18-13-7-4-5-11(14(13)17)9-15-10-12-6-2-3-8-16-12/h2-8,15,17H,9-10H2,1H3. The maximum absolute atomic E-state index is 9.91. The van der Waals surface area contributed by atoms with E-state index >= 15 is 0 Å². The highest BCUT2D eigenvalue weighted by atomic mass is 16.5. The Morgan fingerprint density at radius 2 is 2.06 bits per heavy atom. The van der Waals surface area contributed by atoms with Crippen LogP contribution in [0.3, 0.4) is 0 Å². The number of pyridine rings is 1. The van der Waals surface area contributed by atoms with Gasteiger partial charge in [0.05, 0.1) is 12.8 Å². The average molecular weight is 244 g/mol. The number of ether oxygens (including phenoxy) is 1. The van der Waals surface area contributed by atoms with Crippen LogP contribution in [0.5, 0.6) is 11.5 Å². The molecule has 0 unspecified atom stereocenters. The number of hydrogen-bond donors (Lipinski definition) is 2. The van der Waals surface area contributed by atoms with Gasteiger partial charge in [-0.1, -0.05) is 18.2 Å². The van der Waals surface area contributed by atoms with E-state index in [9.17, 15) is 5.11 Å². The molecule has 0 aliphatic heterocycles. The summed E-state index contributed by atoms with van der Waals surface area (Å²) in [5, 5.41) is 13.1. The second-order valence-corrected chi connectivity index (χ2v) is 3.89. The molecule has 2 aromatic rings. The molecule has 0 saturated carbocycles. The Balaban J connectivity index is 1.95. The lowest BCUT2D eigenvalue weighted by molar-refractivity contribution is 0.369. The fourth-order valence-electron chi connectivity index (χ4n) is 1.70. The maximum Gasteiger partial charge on any atom is 0.162 e. The number of para-hydroxylation sites is 1. The monoisotopic (exact) mass is 244 g/mol. The number of nitrogens with zero attached hydrogens (tertiary/aromatic N) is 1. The van der Waals surface area contributed by atoms with E-state index in [0.29, 0.717) is 18.8 Å². The molecular formula is C14H16N2O2. The van der Waals surface area contributed by atoms with E-state index < -0.39 is 0 Å². The topological polar surface area (TPSA) is 54.4 Å². The molecule has 4 nitrogen and oxygen atoms in total. The molecule has 0 atom stereocenters. The van der Waals surface area contributed by atoms with Gasteiger partial charge >= 0.3 is 0 Å². The van der Waals surface area contributed by atoms with Gasteiger partial charge in [-0.25, -0.2) is 0 Å². The van der Waals surface area contributed by atoms with E-state index in [4.69, 9.17) is 4.74 Å². The van der Waals surface area contributed by atoms with Crippen LogP contribution in [0.4, 0.5) is 0 Å². The average Bonchev–Trinajstić information content (AvgIpc) is 2.42. The summed E-state index contributed by atoms with van der Waals surface area (Å²) in [5.41, 5.74) is 1.78. The molecule has 18 heavy (non-hydrogen) atoms. The number of phenolic OH excluding ortho intramolecular Hbond substituents is 1. The fraction of sp³-hybridized carbons (Fsp3) is 0.214. The Kier molecular flexibility index (Phi) is 4.15. The number of aromatic hydroxyl groups is 1. The number of benzene rings is 1. The third kappa shape index (κ3) is 2.99. The van der Waals surface area contributed by atoms with Crippen LogP contribution in [0.1, 0.15) is 11.3 Å². The Bertz CT molecular complexity index is 500. The first-order valence-corrected chi connectivity index (χ1v) is 5.76. The van der Waals surface area contributed by atoms with Crippen molar-refractivity contribution in [2.75, 3.05) is 7.11 Å². The highest BCUT2D eigenvalue weighted by Gasteiger charge is 2.06. The third-order valence-corrected chi connectivity index (χ3v) is 2.65. The maximum atomic E-state index is 9.91. The van der Waals surface area contributed by atoms with Crippen molar-refractivity contribution in [1.82, 2.24) is 10.3 Å². The van der Waals surface area contributed by atoms with Gasteiger partial charge in [0.15, 0.2) is 11.5 Å². The van der Waals surface area contributed by atoms with Gasteiger partial charge in [0.2, 0.25) is 0 Å². The predicted octanol–water partition coefficient (Wildman–Crippen LogP) is 2.09. The lowest BCUT2D eigenvalue weighted by atomic mass is 10.2. The van der Waals surface area contributed by atoms with Crippen molar-refractivity contribution >= 4 is 0 Å². The second kappa shape index (κ2) is 6.02. The van der Waals surface area contributed by atoms with Gasteiger partial charge in [-0.15, -0.1) is 0 Å². The molecule has 0 saturated heterocycles. The summed E-state index contributed by atoms with van der Waals surface area (Å²) >= 11 is 0. The first-order valence-electron chi connectivity index (χ1n) is 5.76. The minimum absolute atomic E-state index is 0.188. The molecule has 1 aromatic carbocycles. The summed E-state index contributed by atoms with van der Waals surface area (Å²) in [5.74, 6) is 0.681. The summed E-state index contributed by atoms with van der Waals surface area (Å²) < 4.78 is 5.06. The Morgan fingerprint density at radius 1 is 1.17 bits per heavy atom. The van der Waals surface area contributed by atoms with Crippen LogP contribution < -0.4 is 10.1 Å². The first-order chi connectivity index (χ1) is 8.81. The Morgan fingerprint density at radius 3 is 2.78 bits per heavy atom. The smallest absolute Gasteiger partial charge is 0.162 e. The molecule has 0 aliphatic rings. The molecule has 0 spiro atoms. The Hall–Kier alpha value is -2.07. The number of rotatable bonds is 5. The highest BCUT2D eigenvalue weighted by molar-refractivity contribution is 5.45. The molecule has 2 N–H and O–H groups in total. The first kappa shape index (κ1) is 12.4. The number of phenols is 1. The van der Waals surface area contributed by atoms with Crippen molar-refractivity contribution in [3.63, 3.8) is 0 Å². The van der Waals surface area contributed by atoms with Crippen LogP contribution in [0.15, 0.2) is 42.6 Å². The second-order valence-electron chi connectivity index (χ2n) is 3.89. The molecule has 4 heteroatoms. The van der Waals surface area contributed by atoms with Crippen LogP contribution in [0.2, 0.25) is 0 Å². The van der Waals surface area contributed by atoms with E-state index in [1.54, 1.807) is 19.4 Å². The van der Waals surface area contributed by atoms with Gasteiger partial charge in [-0.05, 0) is 18.2 Å². The van der Waals surface area contributed by atoms with Gasteiger partial charge in [-0.2, -0.15) is 0 Å². The summed E-state index contributed by atoms with van der Waals surface area (Å²) in [6.07, 6.45) is 1.76. The van der Waals surface area contributed by atoms with E-state index in [-0.39, 0.29) is 5.75 Å². The molecule has 0 aliphatic carbocycles. The minimum Gasteiger partial charge on any atom is -0.504 e. The molecule has 2 rings (SSSR count). The van der Waals surface area contributed by atoms with Crippen molar-refractivity contribution < 1.29 is 9.84 Å². The molecule has 0 amide bonds. The fourth-order valence-corrected chi connectivity index (χ4v) is 1.70. The number of hydrogen-bond acceptors (Lipinski definition) is 4. The zero-order chi connectivity index (χ0) is 12.8. The van der Waals surface area contributed by atoms with E-state index in [2.05, 4.69) is 10.3 Å². The third-order valence-electron chi connectivity index (χ3n) is 2.65. The predicted molar refractivity (Wildman–Crippen MR) is 69.4 cm³/mol. The van der Waals surface area contributed by atoms with Crippen molar-refractivity contribution in [3.05, 3.63) is 53.9 Å². The van der Waals surface area contributed by atoms with Crippen molar-refractivity contribution in [2.24, 2.45) is 0 Å². The summed E-state index contributed by atoms with van der Waals surface area (Å²) in [6, 6.07) is 11.3. The molecule has 94 valence electrons. The highest BCUT2D eigenvalue weighted by Crippen LogP contribution is 2.29. The van der Waals surface area contributed by atoms with Crippen LogP contribution in [0.25, 0.3) is 0 Å². The molecule has 1 aromatic heterocycles. The normalized spacial score (nSPS) is 10.3. The number of nitrogens with one attached hydrogen (secondary N) is 1. The summed E-state index contributed by atoms with van der Waals surface area (Å²) in [4.78, 5) is 4.22. The molecular weight excluding hydrogens is 228 g/mol. The summed E-state index contributed by atoms with van der Waals surface area (Å²) in [6.45, 7) is 1.23. The SMILES string of the molecule is COc1cccc(CNCc2ccccn2)c1O. The quantitative estimate of drug-likeness (QED) is 0.845. The van der Waals surface area contributed by atoms with Gasteiger partial charge in [0.25, 0.3) is 0 Å². The van der Waals surface area contributed by atoms with Gasteiger partial charge in [0, 0.05) is 24.8 Å². The van der Waals surface area contributed by atoms with Gasteiger partial charge < -0.3 is 15.2 Å². The minimum atomic E-state index is 0.188. The zero-order valence-electron chi connectivity index (χ0n) is 10.3. The lowest BCUT2D eigenvalue weighted by Crippen LogP contribution is -2.13. The van der Waals surface area contributed by atoms with Gasteiger partial charge in [-0.3, -0.25) is 4.98 Å². The number of aromatic nitrogens is 1. The lowest BCUT2D eigenvalue weighted by Gasteiger charge is -2.09. The van der Waals surface area contributed by atoms with Crippen molar-refractivity contribution in [1.29, 1.82) is 0 Å². The molecule has 0 fully saturated rings. The van der Waals surface area contributed by atoms with Gasteiger partial charge in [0.1, 0.15) is 0 Å². The largest absolute Gasteiger partial charge is 0.504 e. The molecule has 0 radical (unpaired) electrons. The van der Waals surface area contributed by atoms with E-state index in [0.717, 1.165) is 11.3 Å². The van der Waals surface area contributed by atoms with Crippen molar-refractivity contribution in [3.8, 4) is 11.5 Å².